The van der Waals surface area contributed by atoms with Gasteiger partial charge in [0.05, 0.1) is 6.54 Å². The predicted octanol–water partition coefficient (Wildman–Crippen LogP) is 2.88. The zero-order chi connectivity index (χ0) is 16.8. The average Bonchev–Trinajstić information content (AvgIpc) is 2.62. The SMILES string of the molecule is O=C(NCc1ccc(Cl)cc1)N1CCC[C@@H](Oc2ccncn2)C1. The summed E-state index contributed by atoms with van der Waals surface area (Å²) in [6.07, 6.45) is 4.86. The largest absolute Gasteiger partial charge is 0.472 e. The van der Waals surface area contributed by atoms with Crippen molar-refractivity contribution in [3.05, 3.63) is 53.4 Å². The van der Waals surface area contributed by atoms with Gasteiger partial charge in [-0.2, -0.15) is 0 Å². The molecule has 2 amide bonds. The number of carbonyl (C=O) groups is 1. The van der Waals surface area contributed by atoms with Gasteiger partial charge in [0.2, 0.25) is 5.88 Å². The molecule has 1 N–H and O–H groups in total. The number of likely N-dealkylation sites (tertiary alicyclic amines) is 1. The van der Waals surface area contributed by atoms with E-state index in [9.17, 15) is 4.79 Å². The van der Waals surface area contributed by atoms with E-state index in [0.717, 1.165) is 24.9 Å². The topological polar surface area (TPSA) is 67.4 Å². The Hall–Kier alpha value is -2.34. The summed E-state index contributed by atoms with van der Waals surface area (Å²) in [5.74, 6) is 0.540. The molecule has 6 nitrogen and oxygen atoms in total. The number of ether oxygens (including phenoxy) is 1. The predicted molar refractivity (Wildman–Crippen MR) is 90.9 cm³/mol. The molecular formula is C17H19ClN4O2. The Balaban J connectivity index is 1.50. The summed E-state index contributed by atoms with van der Waals surface area (Å²) >= 11 is 5.86. The lowest BCUT2D eigenvalue weighted by molar-refractivity contribution is 0.0976. The van der Waals surface area contributed by atoms with Gasteiger partial charge in [-0.1, -0.05) is 23.7 Å². The van der Waals surface area contributed by atoms with Crippen LogP contribution >= 0.6 is 11.6 Å². The van der Waals surface area contributed by atoms with E-state index in [1.54, 1.807) is 17.2 Å². The van der Waals surface area contributed by atoms with Crippen LogP contribution in [-0.4, -0.2) is 40.1 Å². The standard InChI is InChI=1S/C17H19ClN4O2/c18-14-5-3-13(4-6-14)10-20-17(23)22-9-1-2-15(11-22)24-16-7-8-19-12-21-16/h3-8,12,15H,1-2,9-11H2,(H,20,23)/t15-/m1/s1. The van der Waals surface area contributed by atoms with Crippen LogP contribution in [0.2, 0.25) is 5.02 Å². The van der Waals surface area contributed by atoms with E-state index >= 15 is 0 Å². The van der Waals surface area contributed by atoms with Crippen LogP contribution in [0.3, 0.4) is 0 Å². The van der Waals surface area contributed by atoms with Gasteiger partial charge in [-0.25, -0.2) is 14.8 Å². The first kappa shape index (κ1) is 16.5. The van der Waals surface area contributed by atoms with Gasteiger partial charge in [-0.15, -0.1) is 0 Å². The average molecular weight is 347 g/mol. The highest BCUT2D eigenvalue weighted by Gasteiger charge is 2.25. The molecule has 0 unspecified atom stereocenters. The molecule has 0 radical (unpaired) electrons. The smallest absolute Gasteiger partial charge is 0.317 e. The Morgan fingerprint density at radius 2 is 2.17 bits per heavy atom. The van der Waals surface area contributed by atoms with Gasteiger partial charge in [-0.05, 0) is 30.5 Å². The monoisotopic (exact) mass is 346 g/mol. The summed E-state index contributed by atoms with van der Waals surface area (Å²) in [6, 6.07) is 9.07. The van der Waals surface area contributed by atoms with Crippen LogP contribution in [0, 0.1) is 0 Å². The van der Waals surface area contributed by atoms with Gasteiger partial charge in [0.25, 0.3) is 0 Å². The summed E-state index contributed by atoms with van der Waals surface area (Å²) in [6.45, 7) is 1.76. The van der Waals surface area contributed by atoms with Gasteiger partial charge in [-0.3, -0.25) is 0 Å². The third-order valence-electron chi connectivity index (χ3n) is 3.86. The molecule has 2 heterocycles. The van der Waals surface area contributed by atoms with Crippen molar-refractivity contribution in [1.82, 2.24) is 20.2 Å². The molecule has 1 aromatic heterocycles. The minimum absolute atomic E-state index is 0.0464. The van der Waals surface area contributed by atoms with Gasteiger partial charge >= 0.3 is 6.03 Å². The highest BCUT2D eigenvalue weighted by molar-refractivity contribution is 6.30. The van der Waals surface area contributed by atoms with Gasteiger partial charge < -0.3 is 15.0 Å². The molecule has 1 aromatic carbocycles. The zero-order valence-corrected chi connectivity index (χ0v) is 13.9. The summed E-state index contributed by atoms with van der Waals surface area (Å²) in [5.41, 5.74) is 1.01. The fourth-order valence-corrected chi connectivity index (χ4v) is 2.76. The van der Waals surface area contributed by atoms with E-state index in [1.807, 2.05) is 24.3 Å². The molecule has 7 heteroatoms. The van der Waals surface area contributed by atoms with Crippen molar-refractivity contribution >= 4 is 17.6 Å². The number of nitrogens with zero attached hydrogens (tertiary/aromatic N) is 3. The molecule has 0 aliphatic carbocycles. The fourth-order valence-electron chi connectivity index (χ4n) is 2.63. The molecule has 0 spiro atoms. The van der Waals surface area contributed by atoms with Gasteiger partial charge in [0.15, 0.2) is 0 Å². The maximum atomic E-state index is 12.3. The lowest BCUT2D eigenvalue weighted by atomic mass is 10.1. The highest BCUT2D eigenvalue weighted by atomic mass is 35.5. The van der Waals surface area contributed by atoms with E-state index < -0.39 is 0 Å². The second kappa shape index (κ2) is 7.97. The van der Waals surface area contributed by atoms with Gasteiger partial charge in [0, 0.05) is 30.4 Å². The second-order valence-electron chi connectivity index (χ2n) is 5.66. The number of hydrogen-bond acceptors (Lipinski definition) is 4. The van der Waals surface area contributed by atoms with Crippen molar-refractivity contribution in [1.29, 1.82) is 0 Å². The normalized spacial score (nSPS) is 17.4. The van der Waals surface area contributed by atoms with Crippen LogP contribution in [0.4, 0.5) is 4.79 Å². The van der Waals surface area contributed by atoms with Gasteiger partial charge in [0.1, 0.15) is 12.4 Å². The molecule has 24 heavy (non-hydrogen) atoms. The number of hydrogen-bond donors (Lipinski definition) is 1. The minimum Gasteiger partial charge on any atom is -0.472 e. The Kier molecular flexibility index (Phi) is 5.48. The van der Waals surface area contributed by atoms with E-state index in [1.165, 1.54) is 6.33 Å². The number of amides is 2. The summed E-state index contributed by atoms with van der Waals surface area (Å²) in [5, 5.41) is 3.62. The molecule has 0 bridgehead atoms. The van der Waals surface area contributed by atoms with Crippen LogP contribution in [-0.2, 0) is 6.54 Å². The van der Waals surface area contributed by atoms with Crippen LogP contribution in [0.25, 0.3) is 0 Å². The van der Waals surface area contributed by atoms with Crippen molar-refractivity contribution in [2.24, 2.45) is 0 Å². The van der Waals surface area contributed by atoms with Crippen molar-refractivity contribution in [2.75, 3.05) is 13.1 Å². The molecular weight excluding hydrogens is 328 g/mol. The number of rotatable bonds is 4. The van der Waals surface area contributed by atoms with Crippen LogP contribution < -0.4 is 10.1 Å². The quantitative estimate of drug-likeness (QED) is 0.924. The molecule has 0 saturated carbocycles. The first-order chi connectivity index (χ1) is 11.7. The number of benzene rings is 1. The Morgan fingerprint density at radius 3 is 2.92 bits per heavy atom. The number of carbonyl (C=O) groups excluding carboxylic acids is 1. The summed E-state index contributed by atoms with van der Waals surface area (Å²) in [7, 11) is 0. The third kappa shape index (κ3) is 4.58. The number of piperidine rings is 1. The van der Waals surface area contributed by atoms with E-state index in [2.05, 4.69) is 15.3 Å². The number of halogens is 1. The van der Waals surface area contributed by atoms with Crippen LogP contribution in [0.15, 0.2) is 42.9 Å². The molecule has 2 aromatic rings. The highest BCUT2D eigenvalue weighted by Crippen LogP contribution is 2.16. The van der Waals surface area contributed by atoms with Crippen molar-refractivity contribution < 1.29 is 9.53 Å². The molecule has 126 valence electrons. The third-order valence-corrected chi connectivity index (χ3v) is 4.12. The fraction of sp³-hybridized carbons (Fsp3) is 0.353. The van der Waals surface area contributed by atoms with Crippen LogP contribution in [0.1, 0.15) is 18.4 Å². The van der Waals surface area contributed by atoms with Crippen molar-refractivity contribution in [3.8, 4) is 5.88 Å². The first-order valence-corrected chi connectivity index (χ1v) is 8.28. The number of nitrogens with one attached hydrogen (secondary N) is 1. The van der Waals surface area contributed by atoms with Crippen molar-refractivity contribution in [2.45, 2.75) is 25.5 Å². The maximum Gasteiger partial charge on any atom is 0.317 e. The molecule has 1 fully saturated rings. The van der Waals surface area contributed by atoms with Crippen LogP contribution in [0.5, 0.6) is 5.88 Å². The molecule has 1 saturated heterocycles. The molecule has 1 aliphatic rings. The van der Waals surface area contributed by atoms with E-state index in [0.29, 0.717) is 24.0 Å². The number of aromatic nitrogens is 2. The lowest BCUT2D eigenvalue weighted by Gasteiger charge is -2.32. The Bertz CT molecular complexity index is 666. The molecule has 3 rings (SSSR count). The lowest BCUT2D eigenvalue weighted by Crippen LogP contribution is -2.48. The summed E-state index contributed by atoms with van der Waals surface area (Å²) in [4.78, 5) is 22.1. The van der Waals surface area contributed by atoms with E-state index in [-0.39, 0.29) is 12.1 Å². The van der Waals surface area contributed by atoms with Crippen molar-refractivity contribution in [3.63, 3.8) is 0 Å². The Labute approximate surface area is 145 Å². The zero-order valence-electron chi connectivity index (χ0n) is 13.2. The van der Waals surface area contributed by atoms with E-state index in [4.69, 9.17) is 16.3 Å². The molecule has 1 aliphatic heterocycles. The Morgan fingerprint density at radius 1 is 1.33 bits per heavy atom. The number of urea groups is 1. The second-order valence-corrected chi connectivity index (χ2v) is 6.10. The maximum absolute atomic E-state index is 12.3. The first-order valence-electron chi connectivity index (χ1n) is 7.90. The minimum atomic E-state index is -0.0825. The summed E-state index contributed by atoms with van der Waals surface area (Å²) < 4.78 is 5.82. The molecule has 1 atom stereocenters.